The van der Waals surface area contributed by atoms with Crippen LogP contribution in [0.25, 0.3) is 5.52 Å². The standard InChI is InChI=1S/C30H31N7O6/c1-4-12-36(30(41)43-17-42-29(40)21-6-5-11-31-14-21)28(39)20-8-7-18(2)24(13-20)35-26-25-19(3)23(15-37(25)33-16-32-26)27(38)34-22-9-10-22/h5-8,11,13-16,22H,4,9-10,12,17H2,1-3H3,(H,34,38)(H,32,33,35). The van der Waals surface area contributed by atoms with Crippen molar-refractivity contribution in [2.45, 2.75) is 46.1 Å². The molecule has 3 aromatic heterocycles. The molecular weight excluding hydrogens is 554 g/mol. The fraction of sp³-hybridized carbons (Fsp3) is 0.300. The van der Waals surface area contributed by atoms with Gasteiger partial charge in [0.2, 0.25) is 6.79 Å². The van der Waals surface area contributed by atoms with Gasteiger partial charge in [-0.25, -0.2) is 24.0 Å². The van der Waals surface area contributed by atoms with Gasteiger partial charge < -0.3 is 20.1 Å². The Morgan fingerprint density at radius 3 is 2.63 bits per heavy atom. The maximum absolute atomic E-state index is 13.5. The number of anilines is 2. The number of carbonyl (C=O) groups is 4. The van der Waals surface area contributed by atoms with E-state index in [-0.39, 0.29) is 29.6 Å². The van der Waals surface area contributed by atoms with Gasteiger partial charge in [0.15, 0.2) is 5.82 Å². The van der Waals surface area contributed by atoms with Crippen LogP contribution in [0.15, 0.2) is 55.2 Å². The fourth-order valence-corrected chi connectivity index (χ4v) is 4.42. The Kier molecular flexibility index (Phi) is 8.60. The van der Waals surface area contributed by atoms with E-state index in [0.29, 0.717) is 34.6 Å². The van der Waals surface area contributed by atoms with Crippen molar-refractivity contribution in [2.75, 3.05) is 18.7 Å². The van der Waals surface area contributed by atoms with Crippen LogP contribution >= 0.6 is 0 Å². The summed E-state index contributed by atoms with van der Waals surface area (Å²) in [6, 6.07) is 8.29. The van der Waals surface area contributed by atoms with E-state index in [9.17, 15) is 19.2 Å². The van der Waals surface area contributed by atoms with Crippen LogP contribution in [0.1, 0.15) is 68.4 Å². The summed E-state index contributed by atoms with van der Waals surface area (Å²) >= 11 is 0. The van der Waals surface area contributed by atoms with Gasteiger partial charge in [-0.1, -0.05) is 13.0 Å². The second-order valence-corrected chi connectivity index (χ2v) is 10.1. The van der Waals surface area contributed by atoms with Crippen molar-refractivity contribution in [1.82, 2.24) is 29.8 Å². The molecule has 2 N–H and O–H groups in total. The first-order valence-electron chi connectivity index (χ1n) is 13.8. The molecular formula is C30H31N7O6. The second kappa shape index (κ2) is 12.7. The summed E-state index contributed by atoms with van der Waals surface area (Å²) in [7, 11) is 0. The Labute approximate surface area is 247 Å². The highest BCUT2D eigenvalue weighted by Gasteiger charge is 2.27. The topological polar surface area (TPSA) is 157 Å². The summed E-state index contributed by atoms with van der Waals surface area (Å²) in [4.78, 5) is 60.4. The molecule has 222 valence electrons. The van der Waals surface area contributed by atoms with Crippen LogP contribution in [0.5, 0.6) is 0 Å². The molecule has 5 rings (SSSR count). The fourth-order valence-electron chi connectivity index (χ4n) is 4.42. The van der Waals surface area contributed by atoms with E-state index in [1.165, 1.54) is 24.8 Å². The molecule has 0 spiro atoms. The van der Waals surface area contributed by atoms with Crippen molar-refractivity contribution < 1.29 is 28.7 Å². The lowest BCUT2D eigenvalue weighted by molar-refractivity contribution is -0.0105. The summed E-state index contributed by atoms with van der Waals surface area (Å²) in [5.74, 6) is -1.00. The average molecular weight is 586 g/mol. The number of nitrogens with one attached hydrogen (secondary N) is 2. The zero-order chi connectivity index (χ0) is 30.5. The number of imide groups is 1. The molecule has 1 aromatic carbocycles. The molecule has 0 bridgehead atoms. The van der Waals surface area contributed by atoms with Crippen molar-refractivity contribution in [2.24, 2.45) is 0 Å². The van der Waals surface area contributed by atoms with E-state index in [2.05, 4.69) is 25.7 Å². The summed E-state index contributed by atoms with van der Waals surface area (Å²) in [6.45, 7) is 4.94. The van der Waals surface area contributed by atoms with Crippen LogP contribution < -0.4 is 10.6 Å². The quantitative estimate of drug-likeness (QED) is 0.204. The summed E-state index contributed by atoms with van der Waals surface area (Å²) < 4.78 is 11.7. The number of pyridine rings is 1. The van der Waals surface area contributed by atoms with Gasteiger partial charge >= 0.3 is 12.1 Å². The van der Waals surface area contributed by atoms with Crippen molar-refractivity contribution in [3.05, 3.63) is 83.1 Å². The van der Waals surface area contributed by atoms with Gasteiger partial charge in [0.1, 0.15) is 11.8 Å². The van der Waals surface area contributed by atoms with E-state index < -0.39 is 24.8 Å². The molecule has 0 atom stereocenters. The molecule has 0 saturated heterocycles. The number of benzene rings is 1. The molecule has 4 aromatic rings. The maximum atomic E-state index is 13.5. The van der Waals surface area contributed by atoms with Crippen LogP contribution in [0.4, 0.5) is 16.3 Å². The zero-order valence-corrected chi connectivity index (χ0v) is 24.0. The van der Waals surface area contributed by atoms with Gasteiger partial charge in [-0.15, -0.1) is 0 Å². The van der Waals surface area contributed by atoms with Crippen molar-refractivity contribution in [1.29, 1.82) is 0 Å². The highest BCUT2D eigenvalue weighted by molar-refractivity contribution is 6.04. The van der Waals surface area contributed by atoms with Gasteiger partial charge in [-0.2, -0.15) is 5.10 Å². The van der Waals surface area contributed by atoms with Gasteiger partial charge in [0.05, 0.1) is 11.1 Å². The predicted molar refractivity (Wildman–Crippen MR) is 155 cm³/mol. The highest BCUT2D eigenvalue weighted by atomic mass is 16.7. The lowest BCUT2D eigenvalue weighted by atomic mass is 10.1. The number of esters is 1. The van der Waals surface area contributed by atoms with Crippen molar-refractivity contribution in [3.63, 3.8) is 0 Å². The molecule has 43 heavy (non-hydrogen) atoms. The molecule has 1 fully saturated rings. The van der Waals surface area contributed by atoms with Crippen LogP contribution in [-0.4, -0.2) is 67.7 Å². The minimum absolute atomic E-state index is 0.0897. The predicted octanol–water partition coefficient (Wildman–Crippen LogP) is 4.18. The minimum atomic E-state index is -0.945. The highest BCUT2D eigenvalue weighted by Crippen LogP contribution is 2.28. The summed E-state index contributed by atoms with van der Waals surface area (Å²) in [6.07, 6.45) is 7.38. The largest absolute Gasteiger partial charge is 0.424 e. The summed E-state index contributed by atoms with van der Waals surface area (Å²) in [5, 5.41) is 10.5. The smallest absolute Gasteiger partial charge is 0.419 e. The van der Waals surface area contributed by atoms with E-state index in [0.717, 1.165) is 23.3 Å². The SMILES string of the molecule is CCCN(C(=O)OCOC(=O)c1cccnc1)C(=O)c1ccc(C)c(Nc2ncnn3cc(C(=O)NC4CC4)c(C)c23)c1. The molecule has 1 aliphatic carbocycles. The number of rotatable bonds is 10. The number of aromatic nitrogens is 4. The van der Waals surface area contributed by atoms with E-state index in [4.69, 9.17) is 9.47 Å². The number of carbonyl (C=O) groups excluding carboxylic acids is 4. The number of hydrogen-bond acceptors (Lipinski definition) is 10. The minimum Gasteiger partial charge on any atom is -0.424 e. The average Bonchev–Trinajstić information content (AvgIpc) is 3.76. The monoisotopic (exact) mass is 585 g/mol. The number of amides is 3. The third-order valence-electron chi connectivity index (χ3n) is 6.90. The first-order chi connectivity index (χ1) is 20.8. The first kappa shape index (κ1) is 29.2. The molecule has 1 saturated carbocycles. The molecule has 0 radical (unpaired) electrons. The molecule has 3 heterocycles. The van der Waals surface area contributed by atoms with E-state index in [1.54, 1.807) is 35.0 Å². The number of nitrogens with zero attached hydrogens (tertiary/aromatic N) is 5. The van der Waals surface area contributed by atoms with Crippen molar-refractivity contribution in [3.8, 4) is 0 Å². The molecule has 0 unspecified atom stereocenters. The maximum Gasteiger partial charge on any atom is 0.419 e. The lowest BCUT2D eigenvalue weighted by Gasteiger charge is -2.20. The van der Waals surface area contributed by atoms with Gasteiger partial charge in [0.25, 0.3) is 11.8 Å². The number of hydrogen-bond donors (Lipinski definition) is 2. The normalized spacial score (nSPS) is 12.4. The van der Waals surface area contributed by atoms with Crippen molar-refractivity contribution >= 4 is 40.9 Å². The van der Waals surface area contributed by atoms with E-state index >= 15 is 0 Å². The third kappa shape index (κ3) is 6.61. The Morgan fingerprint density at radius 1 is 1.09 bits per heavy atom. The molecule has 13 nitrogen and oxygen atoms in total. The first-order valence-corrected chi connectivity index (χ1v) is 13.8. The number of fused-ring (bicyclic) bond motifs is 1. The van der Waals surface area contributed by atoms with E-state index in [1.807, 2.05) is 20.8 Å². The van der Waals surface area contributed by atoms with Gasteiger partial charge in [0, 0.05) is 42.4 Å². The molecule has 0 aliphatic heterocycles. The van der Waals surface area contributed by atoms with Crippen LogP contribution in [-0.2, 0) is 9.47 Å². The molecule has 1 aliphatic rings. The third-order valence-corrected chi connectivity index (χ3v) is 6.90. The van der Waals surface area contributed by atoms with Crippen LogP contribution in [0, 0.1) is 13.8 Å². The Morgan fingerprint density at radius 2 is 1.91 bits per heavy atom. The molecule has 13 heteroatoms. The van der Waals surface area contributed by atoms with Crippen LogP contribution in [0.3, 0.4) is 0 Å². The van der Waals surface area contributed by atoms with Crippen LogP contribution in [0.2, 0.25) is 0 Å². The second-order valence-electron chi connectivity index (χ2n) is 10.1. The number of aryl methyl sites for hydroxylation is 2. The number of ether oxygens (including phenoxy) is 2. The Bertz CT molecular complexity index is 1680. The zero-order valence-electron chi connectivity index (χ0n) is 24.0. The van der Waals surface area contributed by atoms with Gasteiger partial charge in [-0.3, -0.25) is 14.6 Å². The lowest BCUT2D eigenvalue weighted by Crippen LogP contribution is -2.38. The summed E-state index contributed by atoms with van der Waals surface area (Å²) in [5.41, 5.74) is 3.67. The molecule has 3 amide bonds. The Hall–Kier alpha value is -5.33. The Balaban J connectivity index is 1.32. The van der Waals surface area contributed by atoms with Gasteiger partial charge in [-0.05, 0) is 68.5 Å².